The SMILES string of the molecule is CN=C(NCCc1cccs1)NC(C)c1ccccc1. The van der Waals surface area contributed by atoms with Gasteiger partial charge in [0.2, 0.25) is 0 Å². The Hall–Kier alpha value is -1.81. The van der Waals surface area contributed by atoms with Gasteiger partial charge in [-0.15, -0.1) is 11.3 Å². The van der Waals surface area contributed by atoms with Gasteiger partial charge in [0.05, 0.1) is 6.04 Å². The zero-order chi connectivity index (χ0) is 14.2. The molecular formula is C16H21N3S. The first-order valence-corrected chi connectivity index (χ1v) is 7.72. The van der Waals surface area contributed by atoms with E-state index in [1.165, 1.54) is 10.4 Å². The quantitative estimate of drug-likeness (QED) is 0.654. The molecule has 1 aromatic heterocycles. The van der Waals surface area contributed by atoms with Crippen LogP contribution in [-0.4, -0.2) is 19.6 Å². The fraction of sp³-hybridized carbons (Fsp3) is 0.312. The maximum Gasteiger partial charge on any atom is 0.191 e. The smallest absolute Gasteiger partial charge is 0.191 e. The summed E-state index contributed by atoms with van der Waals surface area (Å²) >= 11 is 1.79. The highest BCUT2D eigenvalue weighted by Crippen LogP contribution is 2.11. The van der Waals surface area contributed by atoms with Crippen molar-refractivity contribution in [2.75, 3.05) is 13.6 Å². The lowest BCUT2D eigenvalue weighted by Crippen LogP contribution is -2.39. The second-order valence-corrected chi connectivity index (χ2v) is 5.64. The third-order valence-electron chi connectivity index (χ3n) is 3.12. The molecule has 1 unspecified atom stereocenters. The van der Waals surface area contributed by atoms with E-state index in [1.807, 2.05) is 6.07 Å². The molecule has 0 saturated heterocycles. The minimum absolute atomic E-state index is 0.240. The molecule has 1 aromatic carbocycles. The van der Waals surface area contributed by atoms with E-state index in [0.717, 1.165) is 18.9 Å². The molecule has 4 heteroatoms. The molecule has 0 amide bonds. The highest BCUT2D eigenvalue weighted by atomic mass is 32.1. The van der Waals surface area contributed by atoms with Gasteiger partial charge < -0.3 is 10.6 Å². The first-order chi connectivity index (χ1) is 9.79. The summed E-state index contributed by atoms with van der Waals surface area (Å²) in [5, 5.41) is 8.87. The Morgan fingerprint density at radius 3 is 2.65 bits per heavy atom. The zero-order valence-corrected chi connectivity index (χ0v) is 12.8. The predicted octanol–water partition coefficient (Wildman–Crippen LogP) is 3.22. The molecule has 2 aromatic rings. The summed E-state index contributed by atoms with van der Waals surface area (Å²) in [5.74, 6) is 0.845. The minimum Gasteiger partial charge on any atom is -0.356 e. The molecule has 0 aliphatic heterocycles. The lowest BCUT2D eigenvalue weighted by Gasteiger charge is -2.18. The van der Waals surface area contributed by atoms with Gasteiger partial charge in [-0.2, -0.15) is 0 Å². The second-order valence-electron chi connectivity index (χ2n) is 4.61. The van der Waals surface area contributed by atoms with Crippen molar-refractivity contribution >= 4 is 17.3 Å². The van der Waals surface area contributed by atoms with Gasteiger partial charge in [0.25, 0.3) is 0 Å². The van der Waals surface area contributed by atoms with Gasteiger partial charge in [0.1, 0.15) is 0 Å². The summed E-state index contributed by atoms with van der Waals surface area (Å²) < 4.78 is 0. The molecule has 20 heavy (non-hydrogen) atoms. The number of aliphatic imine (C=N–C) groups is 1. The number of hydrogen-bond acceptors (Lipinski definition) is 2. The van der Waals surface area contributed by atoms with Crippen molar-refractivity contribution in [2.24, 2.45) is 4.99 Å². The van der Waals surface area contributed by atoms with Crippen molar-refractivity contribution in [3.8, 4) is 0 Å². The van der Waals surface area contributed by atoms with Crippen LogP contribution in [0.25, 0.3) is 0 Å². The molecule has 0 aliphatic rings. The third-order valence-corrected chi connectivity index (χ3v) is 4.06. The predicted molar refractivity (Wildman–Crippen MR) is 87.4 cm³/mol. The highest BCUT2D eigenvalue weighted by molar-refractivity contribution is 7.09. The third kappa shape index (κ3) is 4.38. The first kappa shape index (κ1) is 14.6. The van der Waals surface area contributed by atoms with Crippen LogP contribution >= 0.6 is 11.3 Å². The Kier molecular flexibility index (Phi) is 5.62. The topological polar surface area (TPSA) is 36.4 Å². The molecular weight excluding hydrogens is 266 g/mol. The van der Waals surface area contributed by atoms with Crippen molar-refractivity contribution in [1.82, 2.24) is 10.6 Å². The van der Waals surface area contributed by atoms with E-state index in [2.05, 4.69) is 64.3 Å². The average Bonchev–Trinajstić information content (AvgIpc) is 3.00. The fourth-order valence-corrected chi connectivity index (χ4v) is 2.69. The Morgan fingerprint density at radius 2 is 2.00 bits per heavy atom. The lowest BCUT2D eigenvalue weighted by atomic mass is 10.1. The zero-order valence-electron chi connectivity index (χ0n) is 12.0. The van der Waals surface area contributed by atoms with Gasteiger partial charge in [0.15, 0.2) is 5.96 Å². The number of thiophene rings is 1. The molecule has 0 radical (unpaired) electrons. The van der Waals surface area contributed by atoms with Crippen LogP contribution in [0, 0.1) is 0 Å². The van der Waals surface area contributed by atoms with Crippen LogP contribution in [0.2, 0.25) is 0 Å². The molecule has 2 rings (SSSR count). The Balaban J connectivity index is 1.80. The molecule has 0 fully saturated rings. The summed E-state index contributed by atoms with van der Waals surface area (Å²) in [5.41, 5.74) is 1.26. The lowest BCUT2D eigenvalue weighted by molar-refractivity contribution is 0.685. The molecule has 0 bridgehead atoms. The standard InChI is InChI=1S/C16H21N3S/c1-13(14-7-4-3-5-8-14)19-16(17-2)18-11-10-15-9-6-12-20-15/h3-9,12-13H,10-11H2,1-2H3,(H2,17,18,19). The van der Waals surface area contributed by atoms with Crippen LogP contribution in [0.1, 0.15) is 23.4 Å². The summed E-state index contributed by atoms with van der Waals surface area (Å²) in [7, 11) is 1.80. The van der Waals surface area contributed by atoms with Crippen molar-refractivity contribution in [2.45, 2.75) is 19.4 Å². The summed E-state index contributed by atoms with van der Waals surface area (Å²) in [4.78, 5) is 5.66. The number of hydrogen-bond donors (Lipinski definition) is 2. The molecule has 0 spiro atoms. The van der Waals surface area contributed by atoms with Crippen LogP contribution < -0.4 is 10.6 Å². The Labute approximate surface area is 124 Å². The molecule has 0 aliphatic carbocycles. The van der Waals surface area contributed by atoms with E-state index in [0.29, 0.717) is 0 Å². The van der Waals surface area contributed by atoms with Gasteiger partial charge in [-0.3, -0.25) is 4.99 Å². The van der Waals surface area contributed by atoms with Crippen molar-refractivity contribution < 1.29 is 0 Å². The van der Waals surface area contributed by atoms with E-state index < -0.39 is 0 Å². The van der Waals surface area contributed by atoms with Crippen molar-refractivity contribution in [1.29, 1.82) is 0 Å². The molecule has 3 nitrogen and oxygen atoms in total. The minimum atomic E-state index is 0.240. The fourth-order valence-electron chi connectivity index (χ4n) is 1.98. The second kappa shape index (κ2) is 7.70. The number of guanidine groups is 1. The molecule has 106 valence electrons. The van der Waals surface area contributed by atoms with Gasteiger partial charge in [0, 0.05) is 18.5 Å². The Morgan fingerprint density at radius 1 is 1.20 bits per heavy atom. The Bertz CT molecular complexity index is 520. The normalized spacial score (nSPS) is 13.0. The van der Waals surface area contributed by atoms with Gasteiger partial charge in [-0.1, -0.05) is 36.4 Å². The molecule has 1 atom stereocenters. The number of benzene rings is 1. The van der Waals surface area contributed by atoms with E-state index in [1.54, 1.807) is 18.4 Å². The van der Waals surface area contributed by atoms with Gasteiger partial charge in [-0.05, 0) is 30.4 Å². The largest absolute Gasteiger partial charge is 0.356 e. The number of nitrogens with one attached hydrogen (secondary N) is 2. The van der Waals surface area contributed by atoms with E-state index >= 15 is 0 Å². The van der Waals surface area contributed by atoms with E-state index in [9.17, 15) is 0 Å². The number of rotatable bonds is 5. The van der Waals surface area contributed by atoms with Crippen LogP contribution in [0.3, 0.4) is 0 Å². The monoisotopic (exact) mass is 287 g/mol. The van der Waals surface area contributed by atoms with Crippen LogP contribution in [0.4, 0.5) is 0 Å². The van der Waals surface area contributed by atoms with Crippen LogP contribution in [0.15, 0.2) is 52.8 Å². The summed E-state index contributed by atoms with van der Waals surface area (Å²) in [6.45, 7) is 3.03. The summed E-state index contributed by atoms with van der Waals surface area (Å²) in [6, 6.07) is 14.9. The van der Waals surface area contributed by atoms with E-state index in [4.69, 9.17) is 0 Å². The molecule has 2 N–H and O–H groups in total. The summed E-state index contributed by atoms with van der Waals surface area (Å²) in [6.07, 6.45) is 1.03. The number of nitrogens with zero attached hydrogens (tertiary/aromatic N) is 1. The molecule has 1 heterocycles. The molecule has 0 saturated carbocycles. The first-order valence-electron chi connectivity index (χ1n) is 6.84. The maximum absolute atomic E-state index is 4.27. The highest BCUT2D eigenvalue weighted by Gasteiger charge is 2.06. The van der Waals surface area contributed by atoms with Gasteiger partial charge in [-0.25, -0.2) is 0 Å². The maximum atomic E-state index is 4.27. The van der Waals surface area contributed by atoms with Crippen LogP contribution in [0.5, 0.6) is 0 Å². The van der Waals surface area contributed by atoms with E-state index in [-0.39, 0.29) is 6.04 Å². The van der Waals surface area contributed by atoms with Crippen molar-refractivity contribution in [3.63, 3.8) is 0 Å². The van der Waals surface area contributed by atoms with Crippen LogP contribution in [-0.2, 0) is 6.42 Å². The van der Waals surface area contributed by atoms with Gasteiger partial charge >= 0.3 is 0 Å². The van der Waals surface area contributed by atoms with Crippen molar-refractivity contribution in [3.05, 3.63) is 58.3 Å². The average molecular weight is 287 g/mol.